The van der Waals surface area contributed by atoms with Crippen LogP contribution in [0.5, 0.6) is 11.5 Å². The summed E-state index contributed by atoms with van der Waals surface area (Å²) < 4.78 is 43.9. The number of halogens is 2. The summed E-state index contributed by atoms with van der Waals surface area (Å²) in [5, 5.41) is 0. The average Bonchev–Trinajstić information content (AvgIpc) is 2.88. The number of rotatable bonds is 7. The van der Waals surface area contributed by atoms with Gasteiger partial charge in [0.15, 0.2) is 11.6 Å². The van der Waals surface area contributed by atoms with Crippen LogP contribution < -0.4 is 9.47 Å². The monoisotopic (exact) mass is 488 g/mol. The summed E-state index contributed by atoms with van der Waals surface area (Å²) in [7, 11) is 1.37. The Morgan fingerprint density at radius 1 is 1.03 bits per heavy atom. The molecule has 2 amide bonds. The van der Waals surface area contributed by atoms with Crippen molar-refractivity contribution in [1.82, 2.24) is 9.80 Å². The van der Waals surface area contributed by atoms with E-state index >= 15 is 0 Å². The van der Waals surface area contributed by atoms with E-state index in [1.54, 1.807) is 21.9 Å². The van der Waals surface area contributed by atoms with E-state index in [2.05, 4.69) is 0 Å². The number of ether oxygens (including phenoxy) is 3. The molecule has 0 aromatic heterocycles. The van der Waals surface area contributed by atoms with E-state index in [0.717, 1.165) is 0 Å². The van der Waals surface area contributed by atoms with Gasteiger partial charge in [0.05, 0.1) is 26.9 Å². The highest BCUT2D eigenvalue weighted by atomic mass is 19.1. The van der Waals surface area contributed by atoms with Crippen molar-refractivity contribution in [1.29, 1.82) is 0 Å². The zero-order chi connectivity index (χ0) is 24.8. The molecule has 1 unspecified atom stereocenters. The number of piperidine rings is 1. The fourth-order valence-corrected chi connectivity index (χ4v) is 4.69. The third-order valence-corrected chi connectivity index (χ3v) is 6.60. The highest BCUT2D eigenvalue weighted by Crippen LogP contribution is 2.36. The number of methoxy groups -OCH3 is 1. The van der Waals surface area contributed by atoms with Gasteiger partial charge in [0.25, 0.3) is 5.91 Å². The lowest BCUT2D eigenvalue weighted by Crippen LogP contribution is -2.52. The van der Waals surface area contributed by atoms with Gasteiger partial charge in [-0.1, -0.05) is 0 Å². The molecule has 0 radical (unpaired) electrons. The minimum atomic E-state index is -0.636. The zero-order valence-corrected chi connectivity index (χ0v) is 19.8. The molecule has 7 nitrogen and oxygen atoms in total. The van der Waals surface area contributed by atoms with E-state index in [-0.39, 0.29) is 48.5 Å². The molecule has 4 rings (SSSR count). The number of nitrogens with zero attached hydrogens (tertiary/aromatic N) is 2. The highest BCUT2D eigenvalue weighted by molar-refractivity contribution is 5.94. The normalized spacial score (nSPS) is 20.4. The number of likely N-dealkylation sites (tertiary alicyclic amines) is 1. The molecule has 2 heterocycles. The largest absolute Gasteiger partial charge is 0.494 e. The second-order valence-electron chi connectivity index (χ2n) is 9.09. The number of amides is 2. The maximum atomic E-state index is 14.2. The Bertz CT molecular complexity index is 1040. The van der Waals surface area contributed by atoms with Crippen LogP contribution in [0.2, 0.25) is 0 Å². The standard InChI is InChI=1S/C26H30F2N2O5/c1-33-23-8-3-19(15-22(23)28)25(32)30-10-2-9-26(17-30,16-24(31)29-11-13-34-14-12-29)18-35-21-6-4-20(27)5-7-21/h3-8,15H,2,9-14,16-18H2,1H3. The molecule has 0 aliphatic carbocycles. The summed E-state index contributed by atoms with van der Waals surface area (Å²) in [5.41, 5.74) is -0.416. The SMILES string of the molecule is COc1ccc(C(=O)N2CCCC(COc3ccc(F)cc3)(CC(=O)N3CCOCC3)C2)cc1F. The van der Waals surface area contributed by atoms with Gasteiger partial charge < -0.3 is 24.0 Å². The molecule has 188 valence electrons. The van der Waals surface area contributed by atoms with Crippen molar-refractivity contribution in [3.8, 4) is 11.5 Å². The average molecular weight is 489 g/mol. The molecule has 0 bridgehead atoms. The lowest BCUT2D eigenvalue weighted by Gasteiger charge is -2.43. The van der Waals surface area contributed by atoms with Gasteiger partial charge in [0.2, 0.25) is 5.91 Å². The fourth-order valence-electron chi connectivity index (χ4n) is 4.69. The number of carbonyl (C=O) groups is 2. The third kappa shape index (κ3) is 6.08. The molecule has 2 saturated heterocycles. The van der Waals surface area contributed by atoms with Crippen molar-refractivity contribution in [3.63, 3.8) is 0 Å². The lowest BCUT2D eigenvalue weighted by atomic mass is 9.77. The number of hydrogen-bond donors (Lipinski definition) is 0. The Labute approximate surface area is 203 Å². The number of hydrogen-bond acceptors (Lipinski definition) is 5. The van der Waals surface area contributed by atoms with Crippen LogP contribution in [-0.2, 0) is 9.53 Å². The maximum absolute atomic E-state index is 14.2. The van der Waals surface area contributed by atoms with Crippen LogP contribution in [0.15, 0.2) is 42.5 Å². The second kappa shape index (κ2) is 11.0. The van der Waals surface area contributed by atoms with Crippen LogP contribution in [0.3, 0.4) is 0 Å². The quantitative estimate of drug-likeness (QED) is 0.597. The van der Waals surface area contributed by atoms with E-state index in [9.17, 15) is 18.4 Å². The minimum Gasteiger partial charge on any atom is -0.494 e. The molecular formula is C26H30F2N2O5. The van der Waals surface area contributed by atoms with Gasteiger partial charge in [-0.25, -0.2) is 8.78 Å². The summed E-state index contributed by atoms with van der Waals surface area (Å²) in [6, 6.07) is 9.85. The van der Waals surface area contributed by atoms with Crippen molar-refractivity contribution in [2.75, 3.05) is 53.1 Å². The second-order valence-corrected chi connectivity index (χ2v) is 9.09. The van der Waals surface area contributed by atoms with Crippen molar-refractivity contribution in [3.05, 3.63) is 59.7 Å². The van der Waals surface area contributed by atoms with Gasteiger partial charge in [-0.3, -0.25) is 9.59 Å². The number of benzene rings is 2. The first kappa shape index (κ1) is 24.9. The molecule has 2 aliphatic rings. The van der Waals surface area contributed by atoms with Gasteiger partial charge in [-0.15, -0.1) is 0 Å². The van der Waals surface area contributed by atoms with Gasteiger partial charge in [0, 0.05) is 43.6 Å². The molecule has 2 aromatic rings. The first-order valence-corrected chi connectivity index (χ1v) is 11.8. The predicted molar refractivity (Wildman–Crippen MR) is 124 cm³/mol. The Balaban J connectivity index is 1.53. The molecule has 0 spiro atoms. The highest BCUT2D eigenvalue weighted by Gasteiger charge is 2.41. The Kier molecular flexibility index (Phi) is 7.85. The number of morpholine rings is 1. The van der Waals surface area contributed by atoms with Crippen LogP contribution >= 0.6 is 0 Å². The first-order valence-electron chi connectivity index (χ1n) is 11.8. The zero-order valence-electron chi connectivity index (χ0n) is 19.8. The first-order chi connectivity index (χ1) is 16.9. The molecule has 9 heteroatoms. The van der Waals surface area contributed by atoms with Crippen molar-refractivity contribution < 1.29 is 32.6 Å². The smallest absolute Gasteiger partial charge is 0.253 e. The molecule has 2 fully saturated rings. The van der Waals surface area contributed by atoms with E-state index in [0.29, 0.717) is 51.4 Å². The van der Waals surface area contributed by atoms with Gasteiger partial charge in [-0.05, 0) is 55.3 Å². The van der Waals surface area contributed by atoms with Crippen molar-refractivity contribution in [2.45, 2.75) is 19.3 Å². The van der Waals surface area contributed by atoms with Crippen LogP contribution in [0, 0.1) is 17.0 Å². The maximum Gasteiger partial charge on any atom is 0.253 e. The Morgan fingerprint density at radius 3 is 2.46 bits per heavy atom. The predicted octanol–water partition coefficient (Wildman–Crippen LogP) is 3.52. The molecule has 35 heavy (non-hydrogen) atoms. The van der Waals surface area contributed by atoms with E-state index in [1.807, 2.05) is 0 Å². The van der Waals surface area contributed by atoms with Gasteiger partial charge >= 0.3 is 0 Å². The van der Waals surface area contributed by atoms with Crippen LogP contribution in [-0.4, -0.2) is 74.7 Å². The van der Waals surface area contributed by atoms with Crippen LogP contribution in [0.25, 0.3) is 0 Å². The molecule has 2 aliphatic heterocycles. The summed E-state index contributed by atoms with van der Waals surface area (Å²) in [5.74, 6) is -0.736. The van der Waals surface area contributed by atoms with Crippen LogP contribution in [0.1, 0.15) is 29.6 Å². The Morgan fingerprint density at radius 2 is 1.77 bits per heavy atom. The number of carbonyl (C=O) groups excluding carboxylic acids is 2. The summed E-state index contributed by atoms with van der Waals surface area (Å²) in [6.07, 6.45) is 1.56. The minimum absolute atomic E-state index is 0.0132. The fraction of sp³-hybridized carbons (Fsp3) is 0.462. The van der Waals surface area contributed by atoms with Crippen molar-refractivity contribution in [2.24, 2.45) is 5.41 Å². The molecule has 1 atom stereocenters. The summed E-state index contributed by atoms with van der Waals surface area (Å²) in [4.78, 5) is 29.9. The van der Waals surface area contributed by atoms with E-state index in [4.69, 9.17) is 14.2 Å². The molecule has 0 N–H and O–H groups in total. The van der Waals surface area contributed by atoms with E-state index < -0.39 is 11.2 Å². The molecular weight excluding hydrogens is 458 g/mol. The lowest BCUT2D eigenvalue weighted by molar-refractivity contribution is -0.139. The Hall–Kier alpha value is -3.20. The topological polar surface area (TPSA) is 68.3 Å². The van der Waals surface area contributed by atoms with Gasteiger partial charge in [-0.2, -0.15) is 0 Å². The van der Waals surface area contributed by atoms with E-state index in [1.165, 1.54) is 37.4 Å². The molecule has 0 saturated carbocycles. The van der Waals surface area contributed by atoms with Gasteiger partial charge in [0.1, 0.15) is 11.6 Å². The molecule has 2 aromatic carbocycles. The van der Waals surface area contributed by atoms with Crippen molar-refractivity contribution >= 4 is 11.8 Å². The summed E-state index contributed by atoms with van der Waals surface area (Å²) in [6.45, 7) is 3.03. The summed E-state index contributed by atoms with van der Waals surface area (Å²) >= 11 is 0. The third-order valence-electron chi connectivity index (χ3n) is 6.60. The van der Waals surface area contributed by atoms with Crippen LogP contribution in [0.4, 0.5) is 8.78 Å².